The Morgan fingerprint density at radius 3 is 2.88 bits per heavy atom. The molecule has 0 aliphatic carbocycles. The fourth-order valence-electron chi connectivity index (χ4n) is 3.17. The Hall–Kier alpha value is -2.82. The first kappa shape index (κ1) is 18.0. The minimum atomic E-state index is -0.371. The molecule has 0 bridgehead atoms. The molecule has 1 amide bonds. The van der Waals surface area contributed by atoms with Gasteiger partial charge in [-0.05, 0) is 49.1 Å². The molecule has 3 rings (SSSR count). The van der Waals surface area contributed by atoms with Crippen molar-refractivity contribution >= 4 is 17.7 Å². The predicted molar refractivity (Wildman–Crippen MR) is 100 cm³/mol. The van der Waals surface area contributed by atoms with Crippen molar-refractivity contribution in [2.75, 3.05) is 25.2 Å². The Morgan fingerprint density at radius 1 is 1.27 bits per heavy atom. The first-order valence-corrected chi connectivity index (χ1v) is 8.65. The van der Waals surface area contributed by atoms with E-state index in [2.05, 4.69) is 0 Å². The van der Waals surface area contributed by atoms with E-state index in [9.17, 15) is 9.18 Å². The molecular weight excluding hydrogens is 333 g/mol. The molecule has 0 N–H and O–H groups in total. The summed E-state index contributed by atoms with van der Waals surface area (Å²) in [6, 6.07) is 10.4. The summed E-state index contributed by atoms with van der Waals surface area (Å²) in [5, 5.41) is 0. The SMILES string of the molecule is C/C=C/c1ccc(OCC(=O)N2CCCc3cccc(F)c32)c(OC)c1. The van der Waals surface area contributed by atoms with Crippen molar-refractivity contribution in [2.45, 2.75) is 19.8 Å². The number of hydrogen-bond acceptors (Lipinski definition) is 3. The number of nitrogens with zero attached hydrogens (tertiary/aromatic N) is 1. The minimum Gasteiger partial charge on any atom is -0.493 e. The average molecular weight is 355 g/mol. The van der Waals surface area contributed by atoms with Crippen molar-refractivity contribution < 1.29 is 18.7 Å². The maximum Gasteiger partial charge on any atom is 0.265 e. The molecule has 5 heteroatoms. The van der Waals surface area contributed by atoms with E-state index < -0.39 is 0 Å². The number of fused-ring (bicyclic) bond motifs is 1. The lowest BCUT2D eigenvalue weighted by atomic mass is 10.0. The number of halogens is 1. The van der Waals surface area contributed by atoms with Gasteiger partial charge in [-0.1, -0.05) is 30.4 Å². The molecule has 0 fully saturated rings. The summed E-state index contributed by atoms with van der Waals surface area (Å²) >= 11 is 0. The molecule has 0 spiro atoms. The molecule has 0 unspecified atom stereocenters. The van der Waals surface area contributed by atoms with Crippen LogP contribution in [-0.4, -0.2) is 26.2 Å². The fourth-order valence-corrected chi connectivity index (χ4v) is 3.17. The van der Waals surface area contributed by atoms with Gasteiger partial charge < -0.3 is 14.4 Å². The molecule has 4 nitrogen and oxygen atoms in total. The van der Waals surface area contributed by atoms with E-state index in [0.717, 1.165) is 24.0 Å². The maximum absolute atomic E-state index is 14.2. The van der Waals surface area contributed by atoms with Crippen molar-refractivity contribution in [2.24, 2.45) is 0 Å². The molecule has 1 aliphatic heterocycles. The van der Waals surface area contributed by atoms with Crippen LogP contribution in [0.2, 0.25) is 0 Å². The second kappa shape index (κ2) is 8.04. The Kier molecular flexibility index (Phi) is 5.56. The van der Waals surface area contributed by atoms with Crippen LogP contribution in [-0.2, 0) is 11.2 Å². The second-order valence-electron chi connectivity index (χ2n) is 6.10. The number of rotatable bonds is 5. The zero-order valence-electron chi connectivity index (χ0n) is 15.0. The maximum atomic E-state index is 14.2. The standard InChI is InChI=1S/C21H22FNO3/c1-3-6-15-10-11-18(19(13-15)25-2)26-14-20(24)23-12-5-8-16-7-4-9-17(22)21(16)23/h3-4,6-7,9-11,13H,5,8,12,14H2,1-2H3/b6-3+. The smallest absolute Gasteiger partial charge is 0.265 e. The molecule has 136 valence electrons. The highest BCUT2D eigenvalue weighted by molar-refractivity contribution is 5.95. The molecule has 0 aromatic heterocycles. The van der Waals surface area contributed by atoms with Crippen molar-refractivity contribution in [3.05, 3.63) is 59.4 Å². The van der Waals surface area contributed by atoms with Crippen LogP contribution in [0.4, 0.5) is 10.1 Å². The number of methoxy groups -OCH3 is 1. The molecular formula is C21H22FNO3. The van der Waals surface area contributed by atoms with Gasteiger partial charge in [0, 0.05) is 6.54 Å². The third-order valence-electron chi connectivity index (χ3n) is 4.37. The molecule has 0 atom stereocenters. The summed E-state index contributed by atoms with van der Waals surface area (Å²) in [6.07, 6.45) is 5.47. The van der Waals surface area contributed by atoms with Crippen molar-refractivity contribution in [1.29, 1.82) is 0 Å². The average Bonchev–Trinajstić information content (AvgIpc) is 2.66. The van der Waals surface area contributed by atoms with Crippen LogP contribution in [0.15, 0.2) is 42.5 Å². The van der Waals surface area contributed by atoms with Crippen LogP contribution >= 0.6 is 0 Å². The monoisotopic (exact) mass is 355 g/mol. The van der Waals surface area contributed by atoms with Gasteiger partial charge in [0.1, 0.15) is 5.82 Å². The highest BCUT2D eigenvalue weighted by Gasteiger charge is 2.26. The van der Waals surface area contributed by atoms with E-state index in [1.54, 1.807) is 19.2 Å². The first-order valence-electron chi connectivity index (χ1n) is 8.65. The first-order chi connectivity index (χ1) is 12.6. The number of carbonyl (C=O) groups is 1. The Morgan fingerprint density at radius 2 is 2.12 bits per heavy atom. The summed E-state index contributed by atoms with van der Waals surface area (Å²) in [7, 11) is 1.56. The summed E-state index contributed by atoms with van der Waals surface area (Å²) in [5.41, 5.74) is 2.22. The normalized spacial score (nSPS) is 13.6. The van der Waals surface area contributed by atoms with E-state index in [1.807, 2.05) is 37.3 Å². The van der Waals surface area contributed by atoms with Crippen LogP contribution in [0, 0.1) is 5.82 Å². The van der Waals surface area contributed by atoms with E-state index in [-0.39, 0.29) is 18.3 Å². The quantitative estimate of drug-likeness (QED) is 0.806. The lowest BCUT2D eigenvalue weighted by molar-refractivity contribution is -0.120. The molecule has 0 radical (unpaired) electrons. The molecule has 2 aromatic carbocycles. The highest BCUT2D eigenvalue weighted by Crippen LogP contribution is 2.31. The highest BCUT2D eigenvalue weighted by atomic mass is 19.1. The van der Waals surface area contributed by atoms with Gasteiger partial charge in [0.2, 0.25) is 0 Å². The molecule has 0 saturated carbocycles. The van der Waals surface area contributed by atoms with Crippen molar-refractivity contribution in [3.63, 3.8) is 0 Å². The van der Waals surface area contributed by atoms with Crippen LogP contribution in [0.1, 0.15) is 24.5 Å². The number of hydrogen-bond donors (Lipinski definition) is 0. The molecule has 0 saturated heterocycles. The van der Waals surface area contributed by atoms with E-state index in [1.165, 1.54) is 11.0 Å². The molecule has 26 heavy (non-hydrogen) atoms. The Bertz CT molecular complexity index is 832. The number of para-hydroxylation sites is 1. The Balaban J connectivity index is 1.75. The molecule has 1 aliphatic rings. The lowest BCUT2D eigenvalue weighted by Gasteiger charge is -2.29. The third kappa shape index (κ3) is 3.72. The summed E-state index contributed by atoms with van der Waals surface area (Å²) < 4.78 is 25.2. The van der Waals surface area contributed by atoms with Crippen LogP contribution in [0.25, 0.3) is 6.08 Å². The summed E-state index contributed by atoms with van der Waals surface area (Å²) in [6.45, 7) is 2.26. The summed E-state index contributed by atoms with van der Waals surface area (Å²) in [4.78, 5) is 14.1. The van der Waals surface area contributed by atoms with Crippen molar-refractivity contribution in [3.8, 4) is 11.5 Å². The minimum absolute atomic E-state index is 0.174. The van der Waals surface area contributed by atoms with E-state index >= 15 is 0 Å². The van der Waals surface area contributed by atoms with Crippen LogP contribution < -0.4 is 14.4 Å². The number of allylic oxidation sites excluding steroid dienone is 1. The van der Waals surface area contributed by atoms with Crippen molar-refractivity contribution in [1.82, 2.24) is 0 Å². The topological polar surface area (TPSA) is 38.8 Å². The second-order valence-corrected chi connectivity index (χ2v) is 6.10. The van der Waals surface area contributed by atoms with Gasteiger partial charge in [-0.3, -0.25) is 4.79 Å². The van der Waals surface area contributed by atoms with Crippen LogP contribution in [0.5, 0.6) is 11.5 Å². The number of ether oxygens (including phenoxy) is 2. The van der Waals surface area contributed by atoms with Gasteiger partial charge in [0.15, 0.2) is 18.1 Å². The van der Waals surface area contributed by atoms with Gasteiger partial charge in [-0.15, -0.1) is 0 Å². The van der Waals surface area contributed by atoms with Gasteiger partial charge in [0.25, 0.3) is 5.91 Å². The predicted octanol–water partition coefficient (Wildman–Crippen LogP) is 4.23. The number of aryl methyl sites for hydroxylation is 1. The fraction of sp³-hybridized carbons (Fsp3) is 0.286. The van der Waals surface area contributed by atoms with Gasteiger partial charge in [-0.25, -0.2) is 4.39 Å². The van der Waals surface area contributed by atoms with Gasteiger partial charge in [0.05, 0.1) is 12.8 Å². The zero-order chi connectivity index (χ0) is 18.5. The van der Waals surface area contributed by atoms with Gasteiger partial charge in [-0.2, -0.15) is 0 Å². The number of benzene rings is 2. The summed E-state index contributed by atoms with van der Waals surface area (Å²) in [5.74, 6) is 0.401. The van der Waals surface area contributed by atoms with E-state index in [4.69, 9.17) is 9.47 Å². The van der Waals surface area contributed by atoms with E-state index in [0.29, 0.717) is 23.7 Å². The number of anilines is 1. The zero-order valence-corrected chi connectivity index (χ0v) is 15.0. The van der Waals surface area contributed by atoms with Gasteiger partial charge >= 0.3 is 0 Å². The Labute approximate surface area is 152 Å². The third-order valence-corrected chi connectivity index (χ3v) is 4.37. The van der Waals surface area contributed by atoms with Crippen LogP contribution in [0.3, 0.4) is 0 Å². The molecule has 1 heterocycles. The largest absolute Gasteiger partial charge is 0.493 e. The number of amides is 1. The lowest BCUT2D eigenvalue weighted by Crippen LogP contribution is -2.39. The molecule has 2 aromatic rings. The number of carbonyl (C=O) groups excluding carboxylic acids is 1.